The fraction of sp³-hybridized carbons (Fsp3) is 0.200. The lowest BCUT2D eigenvalue weighted by atomic mass is 10.0. The quantitative estimate of drug-likeness (QED) is 0.741. The second-order valence-corrected chi connectivity index (χ2v) is 2.85. The summed E-state index contributed by atoms with van der Waals surface area (Å²) in [6.45, 7) is 1.77. The van der Waals surface area contributed by atoms with Crippen LogP contribution in [0.5, 0.6) is 5.75 Å². The van der Waals surface area contributed by atoms with Gasteiger partial charge in [0.15, 0.2) is 6.29 Å². The van der Waals surface area contributed by atoms with Gasteiger partial charge in [0.2, 0.25) is 0 Å². The number of carbonyl (C=O) groups excluding carboxylic acids is 1. The van der Waals surface area contributed by atoms with Gasteiger partial charge in [-0.25, -0.2) is 4.79 Å². The Balaban J connectivity index is 3.48. The number of carboxylic acids is 1. The number of ether oxygens (including phenoxy) is 1. The SMILES string of the molecule is COc1cc(C)cc(C=O)c1C(=O)O. The van der Waals surface area contributed by atoms with Crippen molar-refractivity contribution in [2.24, 2.45) is 0 Å². The van der Waals surface area contributed by atoms with Gasteiger partial charge in [-0.2, -0.15) is 0 Å². The Kier molecular flexibility index (Phi) is 2.86. The maximum atomic E-state index is 10.8. The first-order chi connectivity index (χ1) is 6.60. The second kappa shape index (κ2) is 3.91. The number of methoxy groups -OCH3 is 1. The van der Waals surface area contributed by atoms with Crippen LogP contribution in [0.25, 0.3) is 0 Å². The number of aldehydes is 1. The van der Waals surface area contributed by atoms with Crippen molar-refractivity contribution in [3.05, 3.63) is 28.8 Å². The van der Waals surface area contributed by atoms with Gasteiger partial charge in [-0.3, -0.25) is 4.79 Å². The minimum Gasteiger partial charge on any atom is -0.496 e. The van der Waals surface area contributed by atoms with Gasteiger partial charge in [-0.1, -0.05) is 0 Å². The minimum atomic E-state index is -1.16. The normalized spacial score (nSPS) is 9.57. The molecular weight excluding hydrogens is 184 g/mol. The molecule has 0 aliphatic rings. The third kappa shape index (κ3) is 1.74. The van der Waals surface area contributed by atoms with E-state index < -0.39 is 5.97 Å². The van der Waals surface area contributed by atoms with Crippen molar-refractivity contribution in [2.75, 3.05) is 7.11 Å². The zero-order valence-corrected chi connectivity index (χ0v) is 7.90. The summed E-state index contributed by atoms with van der Waals surface area (Å²) in [6.07, 6.45) is 0.513. The van der Waals surface area contributed by atoms with Crippen LogP contribution in [0, 0.1) is 6.92 Å². The van der Waals surface area contributed by atoms with Gasteiger partial charge in [0.25, 0.3) is 0 Å². The topological polar surface area (TPSA) is 63.6 Å². The van der Waals surface area contributed by atoms with E-state index in [1.54, 1.807) is 13.0 Å². The second-order valence-electron chi connectivity index (χ2n) is 2.85. The number of hydrogen-bond acceptors (Lipinski definition) is 3. The zero-order valence-electron chi connectivity index (χ0n) is 7.90. The van der Waals surface area contributed by atoms with E-state index in [9.17, 15) is 9.59 Å². The van der Waals surface area contributed by atoms with E-state index in [-0.39, 0.29) is 16.9 Å². The Morgan fingerprint density at radius 2 is 2.14 bits per heavy atom. The predicted octanol–water partition coefficient (Wildman–Crippen LogP) is 1.51. The molecule has 0 saturated carbocycles. The Morgan fingerprint density at radius 3 is 2.57 bits per heavy atom. The summed E-state index contributed by atoms with van der Waals surface area (Å²) in [5, 5.41) is 8.86. The Labute approximate surface area is 81.1 Å². The van der Waals surface area contributed by atoms with Gasteiger partial charge in [0, 0.05) is 5.56 Å². The molecule has 0 saturated heterocycles. The van der Waals surface area contributed by atoms with E-state index in [0.29, 0.717) is 6.29 Å². The standard InChI is InChI=1S/C10H10O4/c1-6-3-7(5-11)9(10(12)13)8(4-6)14-2/h3-5H,1-2H3,(H,12,13). The van der Waals surface area contributed by atoms with Crippen molar-refractivity contribution in [1.82, 2.24) is 0 Å². The summed E-state index contributed by atoms with van der Waals surface area (Å²) in [5.74, 6) is -0.955. The summed E-state index contributed by atoms with van der Waals surface area (Å²) in [6, 6.07) is 3.09. The number of carboxylic acid groups (broad SMARTS) is 1. The van der Waals surface area contributed by atoms with Gasteiger partial charge < -0.3 is 9.84 Å². The molecule has 0 amide bonds. The van der Waals surface area contributed by atoms with Crippen molar-refractivity contribution in [3.8, 4) is 5.75 Å². The first-order valence-electron chi connectivity index (χ1n) is 3.97. The van der Waals surface area contributed by atoms with Crippen LogP contribution in [0.15, 0.2) is 12.1 Å². The van der Waals surface area contributed by atoms with Gasteiger partial charge in [0.1, 0.15) is 11.3 Å². The van der Waals surface area contributed by atoms with Crippen molar-refractivity contribution in [3.63, 3.8) is 0 Å². The third-order valence-corrected chi connectivity index (χ3v) is 1.84. The van der Waals surface area contributed by atoms with Crippen LogP contribution in [0.3, 0.4) is 0 Å². The van der Waals surface area contributed by atoms with E-state index in [4.69, 9.17) is 9.84 Å². The maximum absolute atomic E-state index is 10.8. The molecule has 0 aromatic heterocycles. The first-order valence-corrected chi connectivity index (χ1v) is 3.97. The highest BCUT2D eigenvalue weighted by Crippen LogP contribution is 2.23. The molecule has 0 heterocycles. The van der Waals surface area contributed by atoms with Crippen LogP contribution >= 0.6 is 0 Å². The van der Waals surface area contributed by atoms with Crippen LogP contribution < -0.4 is 4.74 Å². The van der Waals surface area contributed by atoms with Crippen LogP contribution in [0.2, 0.25) is 0 Å². The molecule has 0 fully saturated rings. The minimum absolute atomic E-state index is 0.0897. The van der Waals surface area contributed by atoms with Crippen LogP contribution in [-0.4, -0.2) is 24.5 Å². The van der Waals surface area contributed by atoms with Crippen LogP contribution in [-0.2, 0) is 0 Å². The first kappa shape index (κ1) is 10.2. The smallest absolute Gasteiger partial charge is 0.340 e. The number of carbonyl (C=O) groups is 2. The fourth-order valence-electron chi connectivity index (χ4n) is 1.26. The number of benzene rings is 1. The number of aromatic carboxylic acids is 1. The highest BCUT2D eigenvalue weighted by atomic mass is 16.5. The molecule has 1 rings (SSSR count). The maximum Gasteiger partial charge on any atom is 0.340 e. The molecule has 0 bridgehead atoms. The van der Waals surface area contributed by atoms with Crippen molar-refractivity contribution >= 4 is 12.3 Å². The lowest BCUT2D eigenvalue weighted by Gasteiger charge is -2.07. The largest absolute Gasteiger partial charge is 0.496 e. The molecule has 0 atom stereocenters. The van der Waals surface area contributed by atoms with E-state index in [1.807, 2.05) is 0 Å². The molecule has 0 aliphatic heterocycles. The Bertz CT molecular complexity index is 382. The molecule has 1 N–H and O–H groups in total. The Hall–Kier alpha value is -1.84. The number of hydrogen-bond donors (Lipinski definition) is 1. The van der Waals surface area contributed by atoms with E-state index in [2.05, 4.69) is 0 Å². The number of aryl methyl sites for hydroxylation is 1. The third-order valence-electron chi connectivity index (χ3n) is 1.84. The van der Waals surface area contributed by atoms with Gasteiger partial charge in [0.05, 0.1) is 7.11 Å². The lowest BCUT2D eigenvalue weighted by molar-refractivity contribution is 0.0690. The summed E-state index contributed by atoms with van der Waals surface area (Å²) in [7, 11) is 1.37. The highest BCUT2D eigenvalue weighted by Gasteiger charge is 2.16. The average Bonchev–Trinajstić information content (AvgIpc) is 2.15. The molecule has 74 valence electrons. The van der Waals surface area contributed by atoms with Gasteiger partial charge in [-0.15, -0.1) is 0 Å². The summed E-state index contributed by atoms with van der Waals surface area (Å²) in [4.78, 5) is 21.5. The average molecular weight is 194 g/mol. The molecule has 0 radical (unpaired) electrons. The lowest BCUT2D eigenvalue weighted by Crippen LogP contribution is -2.05. The molecule has 0 unspecified atom stereocenters. The summed E-state index contributed by atoms with van der Waals surface area (Å²) in [5.41, 5.74) is 0.830. The van der Waals surface area contributed by atoms with Gasteiger partial charge in [-0.05, 0) is 24.6 Å². The predicted molar refractivity (Wildman–Crippen MR) is 50.1 cm³/mol. The monoisotopic (exact) mass is 194 g/mol. The van der Waals surface area contributed by atoms with Gasteiger partial charge >= 0.3 is 5.97 Å². The molecule has 1 aromatic carbocycles. The van der Waals surface area contributed by atoms with Crippen molar-refractivity contribution < 1.29 is 19.4 Å². The summed E-state index contributed by atoms with van der Waals surface area (Å²) < 4.78 is 4.89. The number of rotatable bonds is 3. The fourth-order valence-corrected chi connectivity index (χ4v) is 1.26. The molecule has 4 heteroatoms. The zero-order chi connectivity index (χ0) is 10.7. The molecule has 0 aliphatic carbocycles. The van der Waals surface area contributed by atoms with Crippen molar-refractivity contribution in [1.29, 1.82) is 0 Å². The molecule has 1 aromatic rings. The van der Waals surface area contributed by atoms with Crippen LogP contribution in [0.4, 0.5) is 0 Å². The van der Waals surface area contributed by atoms with E-state index in [0.717, 1.165) is 5.56 Å². The summed E-state index contributed by atoms with van der Waals surface area (Å²) >= 11 is 0. The molecule has 14 heavy (non-hydrogen) atoms. The molecule has 0 spiro atoms. The van der Waals surface area contributed by atoms with E-state index in [1.165, 1.54) is 13.2 Å². The highest BCUT2D eigenvalue weighted by molar-refractivity contribution is 5.99. The molecular formula is C10H10O4. The Morgan fingerprint density at radius 1 is 1.50 bits per heavy atom. The van der Waals surface area contributed by atoms with Crippen molar-refractivity contribution in [2.45, 2.75) is 6.92 Å². The molecule has 4 nitrogen and oxygen atoms in total. The van der Waals surface area contributed by atoms with E-state index >= 15 is 0 Å². The van der Waals surface area contributed by atoms with Crippen LogP contribution in [0.1, 0.15) is 26.3 Å².